The Morgan fingerprint density at radius 1 is 1.62 bits per heavy atom. The van der Waals surface area contributed by atoms with Crippen LogP contribution in [0.3, 0.4) is 0 Å². The summed E-state index contributed by atoms with van der Waals surface area (Å²) in [5, 5.41) is 8.52. The van der Waals surface area contributed by atoms with Gasteiger partial charge in [0, 0.05) is 6.07 Å². The van der Waals surface area contributed by atoms with Crippen molar-refractivity contribution in [2.75, 3.05) is 7.11 Å². The molecule has 1 N–H and O–H groups in total. The smallest absolute Gasteiger partial charge is 0.354 e. The third kappa shape index (κ3) is 2.06. The number of nitriles is 1. The number of hydrogen-bond acceptors (Lipinski definition) is 4. The minimum Gasteiger partial charge on any atom is -0.464 e. The summed E-state index contributed by atoms with van der Waals surface area (Å²) in [6.45, 7) is 0. The van der Waals surface area contributed by atoms with Crippen LogP contribution in [0.1, 0.15) is 28.2 Å². The average Bonchev–Trinajstić information content (AvgIpc) is 2.26. The molecule has 1 aromatic rings. The largest absolute Gasteiger partial charge is 0.464 e. The summed E-state index contributed by atoms with van der Waals surface area (Å²) < 4.78 is 29.2. The number of hydrogen-bond donors (Lipinski definition) is 1. The highest BCUT2D eigenvalue weighted by atomic mass is 19.3. The first-order valence-corrected chi connectivity index (χ1v) is 4.05. The third-order valence-corrected chi connectivity index (χ3v) is 1.80. The topological polar surface area (TPSA) is 82.9 Å². The van der Waals surface area contributed by atoms with E-state index in [1.54, 1.807) is 0 Å². The Bertz CT molecular complexity index is 516. The maximum atomic E-state index is 12.5. The molecule has 7 heteroatoms. The first-order valence-electron chi connectivity index (χ1n) is 4.05. The van der Waals surface area contributed by atoms with Crippen LogP contribution in [-0.4, -0.2) is 18.1 Å². The van der Waals surface area contributed by atoms with Crippen LogP contribution < -0.4 is 5.43 Å². The molecule has 0 aliphatic carbocycles. The van der Waals surface area contributed by atoms with Crippen molar-refractivity contribution in [2.24, 2.45) is 0 Å². The molecule has 0 unspecified atom stereocenters. The van der Waals surface area contributed by atoms with Gasteiger partial charge >= 0.3 is 5.97 Å². The predicted octanol–water partition coefficient (Wildman–Crippen LogP) is 0.971. The number of carbonyl (C=O) groups is 1. The molecule has 0 bridgehead atoms. The van der Waals surface area contributed by atoms with Gasteiger partial charge in [-0.3, -0.25) is 4.79 Å². The number of aromatic amines is 1. The molecule has 0 radical (unpaired) electrons. The fourth-order valence-corrected chi connectivity index (χ4v) is 1.08. The van der Waals surface area contributed by atoms with Crippen LogP contribution in [0.25, 0.3) is 0 Å². The van der Waals surface area contributed by atoms with E-state index in [0.29, 0.717) is 0 Å². The van der Waals surface area contributed by atoms with Crippen LogP contribution in [0.15, 0.2) is 10.9 Å². The average molecular weight is 228 g/mol. The Kier molecular flexibility index (Phi) is 3.35. The van der Waals surface area contributed by atoms with Gasteiger partial charge in [-0.2, -0.15) is 5.26 Å². The normalized spacial score (nSPS) is 9.94. The van der Waals surface area contributed by atoms with Crippen molar-refractivity contribution in [3.05, 3.63) is 33.2 Å². The summed E-state index contributed by atoms with van der Waals surface area (Å²) in [6, 6.07) is 2.10. The van der Waals surface area contributed by atoms with Crippen molar-refractivity contribution in [2.45, 2.75) is 6.43 Å². The zero-order valence-electron chi connectivity index (χ0n) is 8.08. The minimum atomic E-state index is -3.05. The fourth-order valence-electron chi connectivity index (χ4n) is 1.08. The van der Waals surface area contributed by atoms with E-state index >= 15 is 0 Å². The van der Waals surface area contributed by atoms with Gasteiger partial charge in [0.1, 0.15) is 23.0 Å². The lowest BCUT2D eigenvalue weighted by molar-refractivity contribution is 0.0592. The number of aromatic nitrogens is 1. The summed E-state index contributed by atoms with van der Waals surface area (Å²) in [6.07, 6.45) is -3.05. The molecule has 5 nitrogen and oxygen atoms in total. The van der Waals surface area contributed by atoms with Crippen LogP contribution in [0.5, 0.6) is 0 Å². The monoisotopic (exact) mass is 228 g/mol. The second-order valence-electron chi connectivity index (χ2n) is 2.74. The third-order valence-electron chi connectivity index (χ3n) is 1.80. The minimum absolute atomic E-state index is 0.415. The Morgan fingerprint density at radius 2 is 2.25 bits per heavy atom. The molecule has 0 amide bonds. The fraction of sp³-hybridized carbons (Fsp3) is 0.222. The van der Waals surface area contributed by atoms with Crippen molar-refractivity contribution in [3.63, 3.8) is 0 Å². The maximum absolute atomic E-state index is 12.5. The van der Waals surface area contributed by atoms with E-state index in [1.165, 1.54) is 6.07 Å². The van der Waals surface area contributed by atoms with E-state index in [4.69, 9.17) is 5.26 Å². The first kappa shape index (κ1) is 11.8. The lowest BCUT2D eigenvalue weighted by Crippen LogP contribution is -2.17. The van der Waals surface area contributed by atoms with Crippen LogP contribution in [-0.2, 0) is 4.74 Å². The van der Waals surface area contributed by atoms with E-state index in [9.17, 15) is 18.4 Å². The van der Waals surface area contributed by atoms with Crippen molar-refractivity contribution in [1.82, 2.24) is 4.98 Å². The summed E-state index contributed by atoms with van der Waals surface area (Å²) in [5.41, 5.74) is -2.95. The maximum Gasteiger partial charge on any atom is 0.354 e. The number of rotatable bonds is 2. The van der Waals surface area contributed by atoms with Gasteiger partial charge in [-0.1, -0.05) is 0 Å². The van der Waals surface area contributed by atoms with Crippen molar-refractivity contribution in [1.29, 1.82) is 5.26 Å². The van der Waals surface area contributed by atoms with Crippen LogP contribution in [0.2, 0.25) is 0 Å². The van der Waals surface area contributed by atoms with Crippen LogP contribution >= 0.6 is 0 Å². The van der Waals surface area contributed by atoms with Crippen molar-refractivity contribution in [3.8, 4) is 6.07 Å². The van der Waals surface area contributed by atoms with E-state index in [-0.39, 0.29) is 0 Å². The highest BCUT2D eigenvalue weighted by Crippen LogP contribution is 2.18. The summed E-state index contributed by atoms with van der Waals surface area (Å²) in [7, 11) is 1.04. The number of nitrogens with one attached hydrogen (secondary N) is 1. The molecule has 0 saturated heterocycles. The Morgan fingerprint density at radius 3 is 2.69 bits per heavy atom. The predicted molar refractivity (Wildman–Crippen MR) is 48.1 cm³/mol. The zero-order valence-corrected chi connectivity index (χ0v) is 8.08. The second-order valence-corrected chi connectivity index (χ2v) is 2.74. The molecule has 0 aliphatic rings. The molecule has 1 aromatic heterocycles. The van der Waals surface area contributed by atoms with Gasteiger partial charge in [-0.25, -0.2) is 13.6 Å². The standard InChI is InChI=1S/C9H6F2N2O3/c1-16-9(15)5-2-6(14)4(3-12)7(13-5)8(10)11/h2,8H,1H3,(H,13,14). The summed E-state index contributed by atoms with van der Waals surface area (Å²) in [5.74, 6) is -0.955. The lowest BCUT2D eigenvalue weighted by atomic mass is 10.2. The van der Waals surface area contributed by atoms with Gasteiger partial charge in [0.05, 0.1) is 7.11 Å². The molecule has 0 atom stereocenters. The number of carbonyl (C=O) groups excluding carboxylic acids is 1. The van der Waals surface area contributed by atoms with E-state index < -0.39 is 34.8 Å². The van der Waals surface area contributed by atoms with Gasteiger partial charge in [-0.15, -0.1) is 0 Å². The second kappa shape index (κ2) is 4.53. The molecule has 1 rings (SSSR count). The van der Waals surface area contributed by atoms with Gasteiger partial charge in [-0.05, 0) is 0 Å². The Balaban J connectivity index is 3.47. The molecule has 1 heterocycles. The number of alkyl halides is 2. The molecule has 0 saturated carbocycles. The van der Waals surface area contributed by atoms with E-state index in [0.717, 1.165) is 13.2 Å². The number of ether oxygens (including phenoxy) is 1. The van der Waals surface area contributed by atoms with Crippen molar-refractivity contribution >= 4 is 5.97 Å². The van der Waals surface area contributed by atoms with E-state index in [1.807, 2.05) is 4.98 Å². The number of halogens is 2. The van der Waals surface area contributed by atoms with Gasteiger partial charge in [0.15, 0.2) is 0 Å². The van der Waals surface area contributed by atoms with Crippen LogP contribution in [0, 0.1) is 11.3 Å². The SMILES string of the molecule is COC(=O)c1cc(=O)c(C#N)c(C(F)F)[nH]1. The molecule has 0 aliphatic heterocycles. The first-order chi connectivity index (χ1) is 7.51. The number of pyridine rings is 1. The quantitative estimate of drug-likeness (QED) is 0.764. The highest BCUT2D eigenvalue weighted by molar-refractivity contribution is 5.87. The molecule has 16 heavy (non-hydrogen) atoms. The Hall–Kier alpha value is -2.23. The zero-order chi connectivity index (χ0) is 12.3. The van der Waals surface area contributed by atoms with Gasteiger partial charge in [0.25, 0.3) is 6.43 Å². The summed E-state index contributed by atoms with van der Waals surface area (Å²) in [4.78, 5) is 24.3. The van der Waals surface area contributed by atoms with Crippen LogP contribution in [0.4, 0.5) is 8.78 Å². The van der Waals surface area contributed by atoms with E-state index in [2.05, 4.69) is 4.74 Å². The number of methoxy groups -OCH3 is 1. The summed E-state index contributed by atoms with van der Waals surface area (Å²) >= 11 is 0. The molecule has 0 fully saturated rings. The molecule has 84 valence electrons. The molecule has 0 spiro atoms. The molecular weight excluding hydrogens is 222 g/mol. The number of H-pyrrole nitrogens is 1. The molecule has 0 aromatic carbocycles. The Labute approximate surface area is 88.3 Å². The van der Waals surface area contributed by atoms with Gasteiger partial charge < -0.3 is 9.72 Å². The highest BCUT2D eigenvalue weighted by Gasteiger charge is 2.20. The molecular formula is C9H6F2N2O3. The number of nitrogens with zero attached hydrogens (tertiary/aromatic N) is 1. The van der Waals surface area contributed by atoms with Gasteiger partial charge in [0.2, 0.25) is 5.43 Å². The number of esters is 1. The lowest BCUT2D eigenvalue weighted by Gasteiger charge is -2.05. The van der Waals surface area contributed by atoms with Crippen molar-refractivity contribution < 1.29 is 18.3 Å².